The molecule has 3 atom stereocenters. The number of nitrogens with zero attached hydrogens (tertiary/aromatic N) is 1. The maximum Gasteiger partial charge on any atom is 0.192 e. The number of hydrogen-bond donors (Lipinski definition) is 1. The summed E-state index contributed by atoms with van der Waals surface area (Å²) >= 11 is 0. The zero-order chi connectivity index (χ0) is 14.0. The molecule has 0 aromatic heterocycles. The number of ether oxygens (including phenoxy) is 2. The third-order valence-electron chi connectivity index (χ3n) is 4.40. The van der Waals surface area contributed by atoms with E-state index in [2.05, 4.69) is 17.0 Å². The van der Waals surface area contributed by atoms with Crippen LogP contribution in [0, 0.1) is 5.92 Å². The monoisotopic (exact) mass is 276 g/mol. The fourth-order valence-corrected chi connectivity index (χ4v) is 3.18. The van der Waals surface area contributed by atoms with Crippen LogP contribution in [0.5, 0.6) is 0 Å². The van der Waals surface area contributed by atoms with Crippen LogP contribution in [0.1, 0.15) is 18.9 Å². The van der Waals surface area contributed by atoms with E-state index in [0.29, 0.717) is 12.5 Å². The molecule has 2 saturated heterocycles. The molecule has 3 rings (SSSR count). The average molecular weight is 276 g/mol. The van der Waals surface area contributed by atoms with Crippen LogP contribution >= 0.6 is 0 Å². The zero-order valence-corrected chi connectivity index (χ0v) is 12.1. The molecule has 110 valence electrons. The lowest BCUT2D eigenvalue weighted by Gasteiger charge is -2.25. The molecule has 3 unspecified atom stereocenters. The summed E-state index contributed by atoms with van der Waals surface area (Å²) in [6.45, 7) is 6.63. The highest BCUT2D eigenvalue weighted by molar-refractivity contribution is 5.20. The van der Waals surface area contributed by atoms with Crippen molar-refractivity contribution in [2.45, 2.75) is 25.2 Å². The highest BCUT2D eigenvalue weighted by Gasteiger charge is 2.39. The van der Waals surface area contributed by atoms with Gasteiger partial charge in [0.05, 0.1) is 12.7 Å². The number of hydrogen-bond acceptors (Lipinski definition) is 4. The predicted octanol–water partition coefficient (Wildman–Crippen LogP) is 1.56. The summed E-state index contributed by atoms with van der Waals surface area (Å²) in [6.07, 6.45) is 1.36. The average Bonchev–Trinajstić information content (AvgIpc) is 3.08. The molecular weight excluding hydrogens is 252 g/mol. The fourth-order valence-electron chi connectivity index (χ4n) is 3.18. The summed E-state index contributed by atoms with van der Waals surface area (Å²) in [5, 5.41) is 0. The first kappa shape index (κ1) is 14.0. The fraction of sp³-hybridized carbons (Fsp3) is 0.625. The van der Waals surface area contributed by atoms with Crippen LogP contribution in [0.3, 0.4) is 0 Å². The molecule has 2 aliphatic rings. The Morgan fingerprint density at radius 3 is 2.85 bits per heavy atom. The molecule has 20 heavy (non-hydrogen) atoms. The van der Waals surface area contributed by atoms with E-state index in [9.17, 15) is 0 Å². The Hall–Kier alpha value is -0.940. The topological polar surface area (TPSA) is 47.7 Å². The smallest absolute Gasteiger partial charge is 0.192 e. The Kier molecular flexibility index (Phi) is 4.08. The number of nitrogens with two attached hydrogens (primary N) is 1. The van der Waals surface area contributed by atoms with Crippen molar-refractivity contribution in [1.82, 2.24) is 4.90 Å². The second-order valence-electron chi connectivity index (χ2n) is 6.01. The largest absolute Gasteiger partial charge is 0.343 e. The number of likely N-dealkylation sites (tertiary alicyclic amines) is 1. The lowest BCUT2D eigenvalue weighted by molar-refractivity contribution is -0.163. The molecule has 0 amide bonds. The van der Waals surface area contributed by atoms with Gasteiger partial charge in [0.2, 0.25) is 0 Å². The summed E-state index contributed by atoms with van der Waals surface area (Å²) in [4.78, 5) is 2.45. The van der Waals surface area contributed by atoms with E-state index >= 15 is 0 Å². The van der Waals surface area contributed by atoms with Crippen molar-refractivity contribution in [2.24, 2.45) is 11.7 Å². The van der Waals surface area contributed by atoms with Gasteiger partial charge >= 0.3 is 0 Å². The molecule has 1 aromatic carbocycles. The minimum absolute atomic E-state index is 0.150. The van der Waals surface area contributed by atoms with E-state index in [1.54, 1.807) is 0 Å². The standard InChI is InChI=1S/C16H24N2O2/c1-16(14-5-3-2-4-6-14)19-12-15(20-16)11-18-8-7-13(9-17)10-18/h2-6,13,15H,7-12,17H2,1H3. The predicted molar refractivity (Wildman–Crippen MR) is 78.2 cm³/mol. The molecule has 0 saturated carbocycles. The van der Waals surface area contributed by atoms with Crippen molar-refractivity contribution in [2.75, 3.05) is 32.8 Å². The van der Waals surface area contributed by atoms with E-state index in [1.807, 2.05) is 25.1 Å². The Balaban J connectivity index is 1.57. The molecule has 0 radical (unpaired) electrons. The maximum absolute atomic E-state index is 6.17. The minimum atomic E-state index is -0.598. The van der Waals surface area contributed by atoms with Crippen LogP contribution in [0.2, 0.25) is 0 Å². The van der Waals surface area contributed by atoms with Crippen molar-refractivity contribution in [1.29, 1.82) is 0 Å². The van der Waals surface area contributed by atoms with Crippen LogP contribution < -0.4 is 5.73 Å². The summed E-state index contributed by atoms with van der Waals surface area (Å²) in [5.74, 6) is 0.0525. The number of rotatable bonds is 4. The quantitative estimate of drug-likeness (QED) is 0.906. The van der Waals surface area contributed by atoms with E-state index in [1.165, 1.54) is 6.42 Å². The van der Waals surface area contributed by atoms with Crippen LogP contribution in [-0.4, -0.2) is 43.8 Å². The zero-order valence-electron chi connectivity index (χ0n) is 12.1. The lowest BCUT2D eigenvalue weighted by Crippen LogP contribution is -2.34. The summed E-state index contributed by atoms with van der Waals surface area (Å²) < 4.78 is 12.1. The third-order valence-corrected chi connectivity index (χ3v) is 4.40. The van der Waals surface area contributed by atoms with E-state index < -0.39 is 5.79 Å². The van der Waals surface area contributed by atoms with Gasteiger partial charge in [-0.3, -0.25) is 0 Å². The van der Waals surface area contributed by atoms with E-state index in [0.717, 1.165) is 31.7 Å². The van der Waals surface area contributed by atoms with Gasteiger partial charge in [0.1, 0.15) is 0 Å². The Labute approximate surface area is 120 Å². The van der Waals surface area contributed by atoms with Gasteiger partial charge in [-0.05, 0) is 32.4 Å². The molecule has 0 aliphatic carbocycles. The molecular formula is C16H24N2O2. The first-order valence-electron chi connectivity index (χ1n) is 7.49. The normalized spacial score (nSPS) is 34.7. The molecule has 0 bridgehead atoms. The third kappa shape index (κ3) is 2.88. The highest BCUT2D eigenvalue weighted by atomic mass is 16.7. The minimum Gasteiger partial charge on any atom is -0.343 e. The van der Waals surface area contributed by atoms with Crippen LogP contribution in [0.4, 0.5) is 0 Å². The SMILES string of the molecule is CC1(c2ccccc2)OCC(CN2CCC(CN)C2)O1. The first-order valence-corrected chi connectivity index (χ1v) is 7.49. The molecule has 0 spiro atoms. The van der Waals surface area contributed by atoms with Crippen LogP contribution in [0.25, 0.3) is 0 Å². The molecule has 2 N–H and O–H groups in total. The molecule has 1 aromatic rings. The van der Waals surface area contributed by atoms with Gasteiger partial charge in [0, 0.05) is 18.7 Å². The number of benzene rings is 1. The maximum atomic E-state index is 6.17. The van der Waals surface area contributed by atoms with Crippen molar-refractivity contribution in [3.63, 3.8) is 0 Å². The van der Waals surface area contributed by atoms with Crippen molar-refractivity contribution in [3.8, 4) is 0 Å². The van der Waals surface area contributed by atoms with Gasteiger partial charge in [0.15, 0.2) is 5.79 Å². The second kappa shape index (κ2) is 5.82. The Bertz CT molecular complexity index is 439. The van der Waals surface area contributed by atoms with Crippen molar-refractivity contribution >= 4 is 0 Å². The van der Waals surface area contributed by atoms with Gasteiger partial charge in [-0.15, -0.1) is 0 Å². The Morgan fingerprint density at radius 2 is 2.15 bits per heavy atom. The van der Waals surface area contributed by atoms with Gasteiger partial charge in [-0.25, -0.2) is 0 Å². The summed E-state index contributed by atoms with van der Waals surface area (Å²) in [6, 6.07) is 10.2. The molecule has 4 heteroatoms. The molecule has 2 fully saturated rings. The Morgan fingerprint density at radius 1 is 1.35 bits per heavy atom. The summed E-state index contributed by atoms with van der Waals surface area (Å²) in [7, 11) is 0. The van der Waals surface area contributed by atoms with Gasteiger partial charge in [-0.1, -0.05) is 30.3 Å². The molecule has 2 heterocycles. The lowest BCUT2D eigenvalue weighted by atomic mass is 10.1. The van der Waals surface area contributed by atoms with Gasteiger partial charge in [-0.2, -0.15) is 0 Å². The molecule has 2 aliphatic heterocycles. The molecule has 4 nitrogen and oxygen atoms in total. The first-order chi connectivity index (χ1) is 9.69. The van der Waals surface area contributed by atoms with Gasteiger partial charge < -0.3 is 20.1 Å². The van der Waals surface area contributed by atoms with E-state index in [4.69, 9.17) is 15.2 Å². The van der Waals surface area contributed by atoms with Crippen LogP contribution in [0.15, 0.2) is 30.3 Å². The van der Waals surface area contributed by atoms with Crippen LogP contribution in [-0.2, 0) is 15.3 Å². The summed E-state index contributed by atoms with van der Waals surface area (Å²) in [5.41, 5.74) is 6.83. The highest BCUT2D eigenvalue weighted by Crippen LogP contribution is 2.34. The van der Waals surface area contributed by atoms with Gasteiger partial charge in [0.25, 0.3) is 0 Å². The second-order valence-corrected chi connectivity index (χ2v) is 6.01. The van der Waals surface area contributed by atoms with Crippen molar-refractivity contribution in [3.05, 3.63) is 35.9 Å². The van der Waals surface area contributed by atoms with E-state index in [-0.39, 0.29) is 6.10 Å². The van der Waals surface area contributed by atoms with Crippen molar-refractivity contribution < 1.29 is 9.47 Å².